The number of alkyl halides is 1. The molecule has 0 bridgehead atoms. The first-order valence-electron chi connectivity index (χ1n) is 6.87. The highest BCUT2D eigenvalue weighted by atomic mass is 127. The lowest BCUT2D eigenvalue weighted by Gasteiger charge is -2.26. The van der Waals surface area contributed by atoms with E-state index in [-0.39, 0.29) is 0 Å². The first-order chi connectivity index (χ1) is 8.73. The van der Waals surface area contributed by atoms with Crippen LogP contribution in [0, 0.1) is 0 Å². The second kappa shape index (κ2) is 6.55. The van der Waals surface area contributed by atoms with Crippen molar-refractivity contribution in [1.29, 1.82) is 0 Å². The van der Waals surface area contributed by atoms with E-state index in [1.807, 2.05) is 0 Å². The van der Waals surface area contributed by atoms with E-state index >= 15 is 0 Å². The lowest BCUT2D eigenvalue weighted by atomic mass is 9.89. The van der Waals surface area contributed by atoms with E-state index in [4.69, 9.17) is 0 Å². The van der Waals surface area contributed by atoms with E-state index < -0.39 is 0 Å². The van der Waals surface area contributed by atoms with Gasteiger partial charge in [0.1, 0.15) is 0 Å². The van der Waals surface area contributed by atoms with Crippen LogP contribution in [-0.2, 0) is 0 Å². The molecule has 1 aliphatic rings. The Morgan fingerprint density at radius 1 is 1.17 bits per heavy atom. The molecule has 2 rings (SSSR count). The van der Waals surface area contributed by atoms with Crippen LogP contribution in [0.25, 0.3) is 5.57 Å². The highest BCUT2D eigenvalue weighted by Gasteiger charge is 2.24. The minimum absolute atomic E-state index is 0.352. The molecule has 1 heteroatoms. The van der Waals surface area contributed by atoms with Crippen molar-refractivity contribution < 1.29 is 0 Å². The third-order valence-corrected chi connectivity index (χ3v) is 4.87. The summed E-state index contributed by atoms with van der Waals surface area (Å²) >= 11 is 2.63. The zero-order valence-corrected chi connectivity index (χ0v) is 13.2. The highest BCUT2D eigenvalue weighted by molar-refractivity contribution is 14.1. The predicted octanol–water partition coefficient (Wildman–Crippen LogP) is 5.78. The highest BCUT2D eigenvalue weighted by Crippen LogP contribution is 2.37. The van der Waals surface area contributed by atoms with Gasteiger partial charge in [0.25, 0.3) is 0 Å². The van der Waals surface area contributed by atoms with Gasteiger partial charge in [-0.05, 0) is 24.0 Å². The quantitative estimate of drug-likeness (QED) is 0.358. The molecule has 1 aliphatic carbocycles. The molecule has 1 aromatic rings. The molecule has 1 unspecified atom stereocenters. The monoisotopic (exact) mass is 352 g/mol. The summed E-state index contributed by atoms with van der Waals surface area (Å²) in [7, 11) is 0. The molecule has 18 heavy (non-hydrogen) atoms. The Hall–Kier alpha value is -0.570. The Bertz CT molecular complexity index is 430. The van der Waals surface area contributed by atoms with E-state index in [9.17, 15) is 0 Å². The minimum atomic E-state index is 0.352. The second-order valence-electron chi connectivity index (χ2n) is 5.05. The normalized spacial score (nSPS) is 22.9. The van der Waals surface area contributed by atoms with Gasteiger partial charge in [0.2, 0.25) is 0 Å². The van der Waals surface area contributed by atoms with Gasteiger partial charge in [0.05, 0.1) is 0 Å². The second-order valence-corrected chi connectivity index (χ2v) is 7.20. The van der Waals surface area contributed by atoms with E-state index in [2.05, 4.69) is 78.1 Å². The van der Waals surface area contributed by atoms with Gasteiger partial charge in [-0.1, -0.05) is 97.3 Å². The molecule has 1 aromatic carbocycles. The fourth-order valence-electron chi connectivity index (χ4n) is 2.35. The smallest absolute Gasteiger partial charge is 0.0438 e. The zero-order chi connectivity index (χ0) is 12.8. The predicted molar refractivity (Wildman–Crippen MR) is 89.1 cm³/mol. The summed E-state index contributed by atoms with van der Waals surface area (Å²) in [5.74, 6) is 0. The number of allylic oxidation sites excluding steroid dienone is 4. The molecular formula is C17H21I. The van der Waals surface area contributed by atoms with Gasteiger partial charge < -0.3 is 0 Å². The lowest BCUT2D eigenvalue weighted by molar-refractivity contribution is 0.597. The minimum Gasteiger partial charge on any atom is -0.0750 e. The third-order valence-electron chi connectivity index (χ3n) is 3.53. The van der Waals surface area contributed by atoms with Crippen LogP contribution in [0.2, 0.25) is 0 Å². The van der Waals surface area contributed by atoms with Crippen molar-refractivity contribution in [3.05, 3.63) is 54.1 Å². The zero-order valence-electron chi connectivity index (χ0n) is 11.0. The summed E-state index contributed by atoms with van der Waals surface area (Å²) < 4.78 is 0.352. The van der Waals surface area contributed by atoms with Crippen molar-refractivity contribution in [2.75, 3.05) is 0 Å². The van der Waals surface area contributed by atoms with Crippen LogP contribution in [0.5, 0.6) is 0 Å². The number of unbranched alkanes of at least 4 members (excludes halogenated alkanes) is 2. The molecule has 0 N–H and O–H groups in total. The van der Waals surface area contributed by atoms with Gasteiger partial charge in [-0.2, -0.15) is 0 Å². The van der Waals surface area contributed by atoms with Gasteiger partial charge in [-0.25, -0.2) is 0 Å². The van der Waals surface area contributed by atoms with Crippen molar-refractivity contribution in [3.63, 3.8) is 0 Å². The van der Waals surface area contributed by atoms with Crippen LogP contribution >= 0.6 is 22.6 Å². The van der Waals surface area contributed by atoms with Crippen LogP contribution in [0.4, 0.5) is 0 Å². The summed E-state index contributed by atoms with van der Waals surface area (Å²) in [4.78, 5) is 0. The summed E-state index contributed by atoms with van der Waals surface area (Å²) in [5, 5.41) is 0. The molecule has 0 radical (unpaired) electrons. The van der Waals surface area contributed by atoms with Crippen molar-refractivity contribution in [2.45, 2.75) is 42.4 Å². The fourth-order valence-corrected chi connectivity index (χ4v) is 3.14. The van der Waals surface area contributed by atoms with Crippen molar-refractivity contribution in [2.24, 2.45) is 0 Å². The number of benzene rings is 1. The maximum absolute atomic E-state index is 2.63. The first kappa shape index (κ1) is 13.9. The molecule has 0 heterocycles. The van der Waals surface area contributed by atoms with E-state index in [1.165, 1.54) is 36.8 Å². The SMILES string of the molecule is CCCCCC1(I)C=CC(c2ccccc2)=CC1. The van der Waals surface area contributed by atoms with Gasteiger partial charge >= 0.3 is 0 Å². The van der Waals surface area contributed by atoms with Crippen LogP contribution in [-0.4, -0.2) is 3.42 Å². The molecule has 0 saturated carbocycles. The molecule has 0 amide bonds. The molecule has 96 valence electrons. The number of hydrogen-bond acceptors (Lipinski definition) is 0. The first-order valence-corrected chi connectivity index (χ1v) is 7.95. The summed E-state index contributed by atoms with van der Waals surface area (Å²) in [6, 6.07) is 10.7. The third kappa shape index (κ3) is 3.71. The maximum Gasteiger partial charge on any atom is 0.0438 e. The number of hydrogen-bond donors (Lipinski definition) is 0. The van der Waals surface area contributed by atoms with Crippen molar-refractivity contribution in [1.82, 2.24) is 0 Å². The van der Waals surface area contributed by atoms with E-state index in [1.54, 1.807) is 0 Å². The van der Waals surface area contributed by atoms with E-state index in [0.29, 0.717) is 3.42 Å². The van der Waals surface area contributed by atoms with Gasteiger partial charge in [0, 0.05) is 3.42 Å². The Balaban J connectivity index is 1.98. The van der Waals surface area contributed by atoms with Gasteiger partial charge in [0.15, 0.2) is 0 Å². The largest absolute Gasteiger partial charge is 0.0750 e. The van der Waals surface area contributed by atoms with Crippen molar-refractivity contribution in [3.8, 4) is 0 Å². The van der Waals surface area contributed by atoms with Crippen molar-refractivity contribution >= 4 is 28.2 Å². The average Bonchev–Trinajstić information content (AvgIpc) is 2.41. The number of rotatable bonds is 5. The molecular weight excluding hydrogens is 331 g/mol. The number of halogens is 1. The maximum atomic E-state index is 2.63. The molecule has 0 spiro atoms. The Labute approximate surface area is 124 Å². The molecule has 0 aliphatic heterocycles. The standard InChI is InChI=1S/C17H21I/c1-2-3-7-12-17(18)13-10-16(11-14-17)15-8-5-4-6-9-15/h4-6,8-11,13H,2-3,7,12,14H2,1H3. The van der Waals surface area contributed by atoms with E-state index in [0.717, 1.165) is 6.42 Å². The summed E-state index contributed by atoms with van der Waals surface area (Å²) in [5.41, 5.74) is 2.71. The topological polar surface area (TPSA) is 0 Å². The molecule has 0 nitrogen and oxygen atoms in total. The molecule has 0 aromatic heterocycles. The lowest BCUT2D eigenvalue weighted by Crippen LogP contribution is -2.18. The Kier molecular flexibility index (Phi) is 5.04. The van der Waals surface area contributed by atoms with Crippen LogP contribution in [0.15, 0.2) is 48.6 Å². The van der Waals surface area contributed by atoms with Crippen LogP contribution < -0.4 is 0 Å². The van der Waals surface area contributed by atoms with Gasteiger partial charge in [-0.15, -0.1) is 0 Å². The molecule has 1 atom stereocenters. The van der Waals surface area contributed by atoms with Crippen LogP contribution in [0.1, 0.15) is 44.6 Å². The van der Waals surface area contributed by atoms with Crippen LogP contribution in [0.3, 0.4) is 0 Å². The Morgan fingerprint density at radius 2 is 1.94 bits per heavy atom. The van der Waals surface area contributed by atoms with Gasteiger partial charge in [-0.3, -0.25) is 0 Å². The summed E-state index contributed by atoms with van der Waals surface area (Å²) in [6.45, 7) is 2.27. The fraction of sp³-hybridized carbons (Fsp3) is 0.412. The molecule has 0 saturated heterocycles. The summed E-state index contributed by atoms with van der Waals surface area (Å²) in [6.07, 6.45) is 13.6. The average molecular weight is 352 g/mol. The Morgan fingerprint density at radius 3 is 2.56 bits per heavy atom. The molecule has 0 fully saturated rings.